The van der Waals surface area contributed by atoms with E-state index in [0.29, 0.717) is 6.54 Å². The molecule has 0 heterocycles. The van der Waals surface area contributed by atoms with Gasteiger partial charge in [0.15, 0.2) is 0 Å². The molecule has 0 rings (SSSR count). The SMILES string of the molecule is C=C(Br)CNC(=O)NC(C)CCCCC. The van der Waals surface area contributed by atoms with Crippen LogP contribution in [0.1, 0.15) is 39.5 Å². The Hall–Kier alpha value is -0.510. The van der Waals surface area contributed by atoms with E-state index in [1.807, 2.05) is 6.92 Å². The van der Waals surface area contributed by atoms with E-state index in [1.165, 1.54) is 19.3 Å². The molecule has 4 heteroatoms. The maximum Gasteiger partial charge on any atom is 0.315 e. The molecule has 0 aromatic heterocycles. The molecule has 15 heavy (non-hydrogen) atoms. The molecular weight excluding hydrogens is 256 g/mol. The second kappa shape index (κ2) is 8.77. The minimum Gasteiger partial charge on any atom is -0.336 e. The third-order valence-electron chi connectivity index (χ3n) is 2.06. The van der Waals surface area contributed by atoms with E-state index in [2.05, 4.69) is 40.1 Å². The van der Waals surface area contributed by atoms with Gasteiger partial charge in [0.1, 0.15) is 0 Å². The number of halogens is 1. The first-order valence-electron chi connectivity index (χ1n) is 5.44. The summed E-state index contributed by atoms with van der Waals surface area (Å²) in [4.78, 5) is 11.3. The summed E-state index contributed by atoms with van der Waals surface area (Å²) in [6.45, 7) is 8.31. The highest BCUT2D eigenvalue weighted by Crippen LogP contribution is 2.02. The van der Waals surface area contributed by atoms with Crippen molar-refractivity contribution >= 4 is 22.0 Å². The lowest BCUT2D eigenvalue weighted by Gasteiger charge is -2.14. The molecule has 1 atom stereocenters. The lowest BCUT2D eigenvalue weighted by molar-refractivity contribution is 0.238. The van der Waals surface area contributed by atoms with E-state index >= 15 is 0 Å². The van der Waals surface area contributed by atoms with Gasteiger partial charge in [-0.1, -0.05) is 48.7 Å². The van der Waals surface area contributed by atoms with Gasteiger partial charge < -0.3 is 10.6 Å². The van der Waals surface area contributed by atoms with Gasteiger partial charge in [0.05, 0.1) is 6.54 Å². The van der Waals surface area contributed by atoms with Gasteiger partial charge in [-0.15, -0.1) is 0 Å². The molecule has 0 radical (unpaired) electrons. The molecule has 1 unspecified atom stereocenters. The summed E-state index contributed by atoms with van der Waals surface area (Å²) < 4.78 is 0.774. The molecule has 0 fully saturated rings. The number of hydrogen-bond donors (Lipinski definition) is 2. The first kappa shape index (κ1) is 14.5. The quantitative estimate of drug-likeness (QED) is 0.689. The largest absolute Gasteiger partial charge is 0.336 e. The monoisotopic (exact) mass is 276 g/mol. The van der Waals surface area contributed by atoms with Crippen LogP contribution in [0.5, 0.6) is 0 Å². The molecule has 0 aromatic carbocycles. The number of carbonyl (C=O) groups excluding carboxylic acids is 1. The van der Waals surface area contributed by atoms with Crippen molar-refractivity contribution in [2.75, 3.05) is 6.54 Å². The molecule has 0 spiro atoms. The Bertz CT molecular complexity index is 207. The van der Waals surface area contributed by atoms with Crippen molar-refractivity contribution in [2.45, 2.75) is 45.6 Å². The van der Waals surface area contributed by atoms with Crippen molar-refractivity contribution in [1.29, 1.82) is 0 Å². The normalized spacial score (nSPS) is 11.9. The van der Waals surface area contributed by atoms with Gasteiger partial charge in [0, 0.05) is 10.5 Å². The molecule has 88 valence electrons. The van der Waals surface area contributed by atoms with E-state index in [4.69, 9.17) is 0 Å². The lowest BCUT2D eigenvalue weighted by atomic mass is 10.1. The summed E-state index contributed by atoms with van der Waals surface area (Å²) in [6, 6.07) is 0.111. The van der Waals surface area contributed by atoms with E-state index < -0.39 is 0 Å². The molecule has 2 N–H and O–H groups in total. The average molecular weight is 277 g/mol. The van der Waals surface area contributed by atoms with Crippen molar-refractivity contribution < 1.29 is 4.79 Å². The zero-order valence-electron chi connectivity index (χ0n) is 9.61. The lowest BCUT2D eigenvalue weighted by Crippen LogP contribution is -2.41. The maximum atomic E-state index is 11.3. The average Bonchev–Trinajstić information content (AvgIpc) is 2.15. The van der Waals surface area contributed by atoms with Gasteiger partial charge >= 0.3 is 6.03 Å². The first-order valence-corrected chi connectivity index (χ1v) is 6.23. The highest BCUT2D eigenvalue weighted by Gasteiger charge is 2.05. The first-order chi connectivity index (χ1) is 7.06. The van der Waals surface area contributed by atoms with Crippen LogP contribution in [0, 0.1) is 0 Å². The van der Waals surface area contributed by atoms with Crippen LogP contribution < -0.4 is 10.6 Å². The number of carbonyl (C=O) groups is 1. The third kappa shape index (κ3) is 9.79. The van der Waals surface area contributed by atoms with Crippen molar-refractivity contribution in [3.8, 4) is 0 Å². The molecule has 0 aromatic rings. The second-order valence-corrected chi connectivity index (χ2v) is 4.86. The number of rotatable bonds is 7. The van der Waals surface area contributed by atoms with Crippen LogP contribution in [0.2, 0.25) is 0 Å². The topological polar surface area (TPSA) is 41.1 Å². The fourth-order valence-corrected chi connectivity index (χ4v) is 1.36. The highest BCUT2D eigenvalue weighted by atomic mass is 79.9. The number of hydrogen-bond acceptors (Lipinski definition) is 1. The summed E-state index contributed by atoms with van der Waals surface area (Å²) >= 11 is 3.18. The Balaban J connectivity index is 3.53. The van der Waals surface area contributed by atoms with Gasteiger partial charge in [-0.2, -0.15) is 0 Å². The standard InChI is InChI=1S/C11H21BrN2O/c1-4-5-6-7-10(3)14-11(15)13-8-9(2)12/h10H,2,4-8H2,1,3H3,(H2,13,14,15). The predicted molar refractivity (Wildman–Crippen MR) is 68.2 cm³/mol. The van der Waals surface area contributed by atoms with E-state index in [9.17, 15) is 4.79 Å². The van der Waals surface area contributed by atoms with Gasteiger partial charge in [-0.05, 0) is 13.3 Å². The number of unbranched alkanes of at least 4 members (excludes halogenated alkanes) is 2. The van der Waals surface area contributed by atoms with Crippen molar-refractivity contribution in [3.63, 3.8) is 0 Å². The van der Waals surface area contributed by atoms with Crippen LogP contribution in [0.25, 0.3) is 0 Å². The number of urea groups is 1. The molecule has 0 aliphatic heterocycles. The van der Waals surface area contributed by atoms with E-state index in [0.717, 1.165) is 10.9 Å². The Morgan fingerprint density at radius 1 is 1.47 bits per heavy atom. The van der Waals surface area contributed by atoms with Crippen LogP contribution in [-0.2, 0) is 0 Å². The summed E-state index contributed by atoms with van der Waals surface area (Å²) in [5, 5.41) is 5.59. The molecule has 3 nitrogen and oxygen atoms in total. The Morgan fingerprint density at radius 2 is 2.13 bits per heavy atom. The molecule has 0 aliphatic carbocycles. The summed E-state index contributed by atoms with van der Waals surface area (Å²) in [5.41, 5.74) is 0. The predicted octanol–water partition coefficient (Wildman–Crippen LogP) is 3.16. The van der Waals surface area contributed by atoms with Crippen LogP contribution in [0.4, 0.5) is 4.79 Å². The number of nitrogens with one attached hydrogen (secondary N) is 2. The van der Waals surface area contributed by atoms with Gasteiger partial charge in [-0.3, -0.25) is 0 Å². The van der Waals surface area contributed by atoms with Crippen LogP contribution in [0.15, 0.2) is 11.1 Å². The molecule has 0 bridgehead atoms. The molecule has 2 amide bonds. The van der Waals surface area contributed by atoms with E-state index in [-0.39, 0.29) is 12.1 Å². The van der Waals surface area contributed by atoms with Gasteiger partial charge in [0.25, 0.3) is 0 Å². The minimum absolute atomic E-state index is 0.125. The van der Waals surface area contributed by atoms with Crippen molar-refractivity contribution in [1.82, 2.24) is 10.6 Å². The molecule has 0 saturated heterocycles. The third-order valence-corrected chi connectivity index (χ3v) is 2.34. The number of amides is 2. The van der Waals surface area contributed by atoms with Crippen LogP contribution >= 0.6 is 15.9 Å². The molecule has 0 saturated carbocycles. The Kier molecular flexibility index (Phi) is 8.47. The molecule has 0 aliphatic rings. The van der Waals surface area contributed by atoms with Crippen molar-refractivity contribution in [3.05, 3.63) is 11.1 Å². The highest BCUT2D eigenvalue weighted by molar-refractivity contribution is 9.11. The summed E-state index contributed by atoms with van der Waals surface area (Å²) in [5.74, 6) is 0. The summed E-state index contributed by atoms with van der Waals surface area (Å²) in [6.07, 6.45) is 4.65. The summed E-state index contributed by atoms with van der Waals surface area (Å²) in [7, 11) is 0. The zero-order chi connectivity index (χ0) is 11.7. The Morgan fingerprint density at radius 3 is 2.67 bits per heavy atom. The van der Waals surface area contributed by atoms with E-state index in [1.54, 1.807) is 0 Å². The van der Waals surface area contributed by atoms with Crippen LogP contribution in [0.3, 0.4) is 0 Å². The van der Waals surface area contributed by atoms with Crippen molar-refractivity contribution in [2.24, 2.45) is 0 Å². The second-order valence-electron chi connectivity index (χ2n) is 3.74. The zero-order valence-corrected chi connectivity index (χ0v) is 11.2. The molecular formula is C11H21BrN2O. The fourth-order valence-electron chi connectivity index (χ4n) is 1.22. The van der Waals surface area contributed by atoms with Gasteiger partial charge in [0.2, 0.25) is 0 Å². The minimum atomic E-state index is -0.125. The fraction of sp³-hybridized carbons (Fsp3) is 0.727. The van der Waals surface area contributed by atoms with Crippen LogP contribution in [-0.4, -0.2) is 18.6 Å². The Labute approximate surface area is 101 Å². The maximum absolute atomic E-state index is 11.3. The smallest absolute Gasteiger partial charge is 0.315 e. The van der Waals surface area contributed by atoms with Gasteiger partial charge in [-0.25, -0.2) is 4.79 Å².